The molecule has 1 rings (SSSR count). The van der Waals surface area contributed by atoms with Gasteiger partial charge in [-0.15, -0.1) is 10.2 Å². The number of hydrogen-bond acceptors (Lipinski definition) is 4. The molecule has 0 aliphatic carbocycles. The molecular formula is C11H19N5O3. The van der Waals surface area contributed by atoms with Gasteiger partial charge in [0.15, 0.2) is 5.82 Å². The van der Waals surface area contributed by atoms with E-state index >= 15 is 0 Å². The first-order valence-electron chi connectivity index (χ1n) is 5.99. The summed E-state index contributed by atoms with van der Waals surface area (Å²) in [4.78, 5) is 23.7. The van der Waals surface area contributed by atoms with Crippen molar-refractivity contribution < 1.29 is 14.7 Å². The lowest BCUT2D eigenvalue weighted by atomic mass is 10.3. The van der Waals surface area contributed by atoms with Gasteiger partial charge in [0.25, 0.3) is 0 Å². The predicted molar refractivity (Wildman–Crippen MR) is 67.4 cm³/mol. The Hall–Kier alpha value is -2.12. The van der Waals surface area contributed by atoms with Crippen molar-refractivity contribution in [3.8, 4) is 0 Å². The zero-order valence-corrected chi connectivity index (χ0v) is 11.3. The molecule has 2 N–H and O–H groups in total. The molecule has 0 fully saturated rings. The Bertz CT molecular complexity index is 445. The number of carboxylic acids is 1. The second-order valence-corrected chi connectivity index (χ2v) is 4.39. The van der Waals surface area contributed by atoms with E-state index in [9.17, 15) is 9.59 Å². The van der Waals surface area contributed by atoms with Crippen LogP contribution >= 0.6 is 0 Å². The Labute approximate surface area is 111 Å². The van der Waals surface area contributed by atoms with Crippen LogP contribution in [-0.2, 0) is 11.8 Å². The van der Waals surface area contributed by atoms with Crippen molar-refractivity contribution in [2.45, 2.75) is 25.8 Å². The van der Waals surface area contributed by atoms with Crippen LogP contribution in [0.15, 0.2) is 6.33 Å². The molecule has 106 valence electrons. The van der Waals surface area contributed by atoms with Crippen LogP contribution in [0.5, 0.6) is 0 Å². The Morgan fingerprint density at radius 3 is 2.79 bits per heavy atom. The Morgan fingerprint density at radius 1 is 1.58 bits per heavy atom. The summed E-state index contributed by atoms with van der Waals surface area (Å²) in [5, 5.41) is 19.0. The molecule has 8 nitrogen and oxygen atoms in total. The quantitative estimate of drug-likeness (QED) is 0.777. The number of rotatable bonds is 6. The molecule has 1 unspecified atom stereocenters. The topological polar surface area (TPSA) is 100 Å². The van der Waals surface area contributed by atoms with E-state index in [1.165, 1.54) is 4.90 Å². The van der Waals surface area contributed by atoms with Crippen LogP contribution in [-0.4, -0.2) is 50.4 Å². The first-order chi connectivity index (χ1) is 8.91. The zero-order valence-electron chi connectivity index (χ0n) is 11.3. The van der Waals surface area contributed by atoms with Gasteiger partial charge in [-0.05, 0) is 13.3 Å². The maximum atomic E-state index is 11.8. The highest BCUT2D eigenvalue weighted by atomic mass is 16.4. The van der Waals surface area contributed by atoms with Gasteiger partial charge in [-0.3, -0.25) is 4.79 Å². The van der Waals surface area contributed by atoms with Gasteiger partial charge >= 0.3 is 12.0 Å². The molecule has 2 amide bonds. The molecule has 0 saturated carbocycles. The molecule has 1 heterocycles. The van der Waals surface area contributed by atoms with Crippen LogP contribution in [0.25, 0.3) is 0 Å². The highest BCUT2D eigenvalue weighted by Gasteiger charge is 2.16. The number of carbonyl (C=O) groups is 2. The van der Waals surface area contributed by atoms with Crippen LogP contribution in [0.1, 0.15) is 31.6 Å². The number of carboxylic acid groups (broad SMARTS) is 1. The molecule has 0 bridgehead atoms. The Morgan fingerprint density at radius 2 is 2.26 bits per heavy atom. The number of amides is 2. The van der Waals surface area contributed by atoms with E-state index in [0.29, 0.717) is 18.8 Å². The van der Waals surface area contributed by atoms with E-state index in [-0.39, 0.29) is 18.5 Å². The minimum atomic E-state index is -0.860. The van der Waals surface area contributed by atoms with Gasteiger partial charge in [0.05, 0.1) is 6.04 Å². The lowest BCUT2D eigenvalue weighted by molar-refractivity contribution is -0.137. The van der Waals surface area contributed by atoms with Crippen LogP contribution in [0.3, 0.4) is 0 Å². The number of carbonyl (C=O) groups excluding carboxylic acids is 1. The number of aliphatic carboxylic acids is 1. The molecule has 0 aromatic carbocycles. The third kappa shape index (κ3) is 4.57. The summed E-state index contributed by atoms with van der Waals surface area (Å²) in [5.41, 5.74) is 0. The van der Waals surface area contributed by atoms with Gasteiger partial charge in [-0.25, -0.2) is 4.79 Å². The van der Waals surface area contributed by atoms with E-state index < -0.39 is 5.97 Å². The Kier molecular flexibility index (Phi) is 5.28. The van der Waals surface area contributed by atoms with Crippen molar-refractivity contribution in [3.63, 3.8) is 0 Å². The minimum absolute atomic E-state index is 0.0520. The molecule has 0 radical (unpaired) electrons. The summed E-state index contributed by atoms with van der Waals surface area (Å²) in [6.07, 6.45) is 2.04. The maximum absolute atomic E-state index is 11.8. The van der Waals surface area contributed by atoms with Gasteiger partial charge in [0.2, 0.25) is 0 Å². The normalized spacial score (nSPS) is 11.9. The third-order valence-corrected chi connectivity index (χ3v) is 2.70. The SMILES string of the molecule is CC(NC(=O)N(C)CCCC(=O)O)c1nncn1C. The molecule has 0 saturated heterocycles. The van der Waals surface area contributed by atoms with Crippen molar-refractivity contribution in [1.29, 1.82) is 0 Å². The van der Waals surface area contributed by atoms with Crippen molar-refractivity contribution in [2.75, 3.05) is 13.6 Å². The molecule has 1 atom stereocenters. The molecule has 0 aliphatic heterocycles. The van der Waals surface area contributed by atoms with Gasteiger partial charge in [0, 0.05) is 27.1 Å². The van der Waals surface area contributed by atoms with Gasteiger partial charge in [-0.2, -0.15) is 0 Å². The third-order valence-electron chi connectivity index (χ3n) is 2.70. The highest BCUT2D eigenvalue weighted by Crippen LogP contribution is 2.07. The molecule has 1 aromatic rings. The fourth-order valence-corrected chi connectivity index (χ4v) is 1.61. The van der Waals surface area contributed by atoms with Crippen molar-refractivity contribution in [3.05, 3.63) is 12.2 Å². The van der Waals surface area contributed by atoms with E-state index in [2.05, 4.69) is 15.5 Å². The fourth-order valence-electron chi connectivity index (χ4n) is 1.61. The maximum Gasteiger partial charge on any atom is 0.317 e. The predicted octanol–water partition coefficient (Wildman–Crippen LogP) is 0.382. The van der Waals surface area contributed by atoms with Crippen LogP contribution < -0.4 is 5.32 Å². The average Bonchev–Trinajstić information content (AvgIpc) is 2.74. The lowest BCUT2D eigenvalue weighted by Gasteiger charge is -2.20. The summed E-state index contributed by atoms with van der Waals surface area (Å²) in [6, 6.07) is -0.525. The summed E-state index contributed by atoms with van der Waals surface area (Å²) in [5.74, 6) is -0.200. The molecule has 0 spiro atoms. The largest absolute Gasteiger partial charge is 0.481 e. The smallest absolute Gasteiger partial charge is 0.317 e. The molecule has 19 heavy (non-hydrogen) atoms. The van der Waals surface area contributed by atoms with Crippen molar-refractivity contribution in [2.24, 2.45) is 7.05 Å². The van der Waals surface area contributed by atoms with Gasteiger partial charge in [0.1, 0.15) is 6.33 Å². The molecular weight excluding hydrogens is 250 g/mol. The van der Waals surface area contributed by atoms with E-state index in [0.717, 1.165) is 0 Å². The minimum Gasteiger partial charge on any atom is -0.481 e. The van der Waals surface area contributed by atoms with Crippen LogP contribution in [0, 0.1) is 0 Å². The van der Waals surface area contributed by atoms with Crippen LogP contribution in [0.2, 0.25) is 0 Å². The standard InChI is InChI=1S/C11H19N5O3/c1-8(10-14-12-7-16(10)3)13-11(19)15(2)6-4-5-9(17)18/h7-8H,4-6H2,1-3H3,(H,13,19)(H,17,18). The zero-order chi connectivity index (χ0) is 14.4. The lowest BCUT2D eigenvalue weighted by Crippen LogP contribution is -2.39. The van der Waals surface area contributed by atoms with Crippen LogP contribution in [0.4, 0.5) is 4.79 Å². The molecule has 1 aromatic heterocycles. The fraction of sp³-hybridized carbons (Fsp3) is 0.636. The number of aryl methyl sites for hydroxylation is 1. The summed E-state index contributed by atoms with van der Waals surface area (Å²) in [6.45, 7) is 2.21. The summed E-state index contributed by atoms with van der Waals surface area (Å²) in [7, 11) is 3.43. The van der Waals surface area contributed by atoms with Crippen molar-refractivity contribution >= 4 is 12.0 Å². The Balaban J connectivity index is 2.41. The second kappa shape index (κ2) is 6.72. The summed E-state index contributed by atoms with van der Waals surface area (Å²) >= 11 is 0. The van der Waals surface area contributed by atoms with E-state index in [4.69, 9.17) is 5.11 Å². The number of aromatic nitrogens is 3. The van der Waals surface area contributed by atoms with Crippen molar-refractivity contribution in [1.82, 2.24) is 25.0 Å². The average molecular weight is 269 g/mol. The number of nitrogens with zero attached hydrogens (tertiary/aromatic N) is 4. The molecule has 8 heteroatoms. The second-order valence-electron chi connectivity index (χ2n) is 4.39. The number of hydrogen-bond donors (Lipinski definition) is 2. The molecule has 0 aliphatic rings. The number of nitrogens with one attached hydrogen (secondary N) is 1. The van der Waals surface area contributed by atoms with E-state index in [1.54, 1.807) is 25.0 Å². The number of urea groups is 1. The first kappa shape index (κ1) is 14.9. The highest BCUT2D eigenvalue weighted by molar-refractivity contribution is 5.74. The summed E-state index contributed by atoms with van der Waals surface area (Å²) < 4.78 is 1.73. The van der Waals surface area contributed by atoms with Gasteiger partial charge < -0.3 is 19.9 Å². The van der Waals surface area contributed by atoms with Gasteiger partial charge in [-0.1, -0.05) is 0 Å². The van der Waals surface area contributed by atoms with E-state index in [1.807, 2.05) is 6.92 Å². The monoisotopic (exact) mass is 269 g/mol. The first-order valence-corrected chi connectivity index (χ1v) is 5.99.